The van der Waals surface area contributed by atoms with Crippen LogP contribution in [0.15, 0.2) is 4.60 Å². The van der Waals surface area contributed by atoms with E-state index in [1.165, 1.54) is 11.3 Å². The molecule has 0 saturated heterocycles. The molecule has 1 aliphatic heterocycles. The van der Waals surface area contributed by atoms with Gasteiger partial charge in [-0.1, -0.05) is 0 Å². The van der Waals surface area contributed by atoms with Gasteiger partial charge in [-0.25, -0.2) is 0 Å². The minimum Gasteiger partial charge on any atom is -0.310 e. The van der Waals surface area contributed by atoms with Gasteiger partial charge >= 0.3 is 0 Å². The molecule has 2 heterocycles. The molecule has 1 atom stereocenters. The highest BCUT2D eigenvalue weighted by atomic mass is 79.9. The lowest BCUT2D eigenvalue weighted by atomic mass is 10.1. The molecule has 60 valence electrons. The Morgan fingerprint density at radius 3 is 3.27 bits per heavy atom. The molecule has 0 aromatic carbocycles. The zero-order valence-electron chi connectivity index (χ0n) is 6.32. The van der Waals surface area contributed by atoms with Crippen LogP contribution in [0.3, 0.4) is 0 Å². The van der Waals surface area contributed by atoms with Crippen LogP contribution in [-0.2, 0) is 13.0 Å². The first-order valence-electron chi connectivity index (χ1n) is 3.72. The molecule has 0 saturated carbocycles. The molecule has 0 radical (unpaired) electrons. The maximum Gasteiger partial charge on any atom is 0.132 e. The first kappa shape index (κ1) is 7.31. The minimum absolute atomic E-state index is 0.565. The molecular formula is C7H10BrN3. The Labute approximate surface area is 73.7 Å². The van der Waals surface area contributed by atoms with Crippen LogP contribution in [0.1, 0.15) is 18.2 Å². The smallest absolute Gasteiger partial charge is 0.132 e. The van der Waals surface area contributed by atoms with Crippen LogP contribution < -0.4 is 5.32 Å². The number of nitrogens with zero attached hydrogens (tertiary/aromatic N) is 1. The molecule has 0 fully saturated rings. The van der Waals surface area contributed by atoms with Gasteiger partial charge in [0.1, 0.15) is 4.60 Å². The summed E-state index contributed by atoms with van der Waals surface area (Å²) in [6.45, 7) is 3.10. The van der Waals surface area contributed by atoms with E-state index in [1.807, 2.05) is 0 Å². The van der Waals surface area contributed by atoms with E-state index < -0.39 is 0 Å². The predicted octanol–water partition coefficient (Wildman–Crippen LogP) is 1.21. The number of H-pyrrole nitrogens is 1. The van der Waals surface area contributed by atoms with Crippen LogP contribution in [0.2, 0.25) is 0 Å². The SMILES string of the molecule is CC1Cc2[nH]nc(Br)c2CN1. The van der Waals surface area contributed by atoms with Gasteiger partial charge in [-0.05, 0) is 22.9 Å². The van der Waals surface area contributed by atoms with Crippen LogP contribution in [0.5, 0.6) is 0 Å². The fraction of sp³-hybridized carbons (Fsp3) is 0.571. The lowest BCUT2D eigenvalue weighted by Crippen LogP contribution is -2.32. The van der Waals surface area contributed by atoms with Crippen LogP contribution >= 0.6 is 15.9 Å². The summed E-state index contributed by atoms with van der Waals surface area (Å²) < 4.78 is 0.951. The van der Waals surface area contributed by atoms with Crippen molar-refractivity contribution in [1.29, 1.82) is 0 Å². The highest BCUT2D eigenvalue weighted by Gasteiger charge is 2.18. The van der Waals surface area contributed by atoms with Crippen molar-refractivity contribution in [3.63, 3.8) is 0 Å². The summed E-state index contributed by atoms with van der Waals surface area (Å²) >= 11 is 3.39. The summed E-state index contributed by atoms with van der Waals surface area (Å²) in [6.07, 6.45) is 1.05. The topological polar surface area (TPSA) is 40.7 Å². The Balaban J connectivity index is 2.36. The summed E-state index contributed by atoms with van der Waals surface area (Å²) in [7, 11) is 0. The molecule has 0 amide bonds. The molecule has 4 heteroatoms. The third-order valence-corrected chi connectivity index (χ3v) is 2.70. The van der Waals surface area contributed by atoms with Crippen molar-refractivity contribution in [2.45, 2.75) is 25.9 Å². The van der Waals surface area contributed by atoms with Crippen LogP contribution in [-0.4, -0.2) is 16.2 Å². The minimum atomic E-state index is 0.565. The number of aromatic nitrogens is 2. The van der Waals surface area contributed by atoms with Crippen molar-refractivity contribution in [3.8, 4) is 0 Å². The molecule has 0 aliphatic carbocycles. The van der Waals surface area contributed by atoms with E-state index in [1.54, 1.807) is 0 Å². The lowest BCUT2D eigenvalue weighted by Gasteiger charge is -2.19. The molecule has 1 aromatic rings. The Morgan fingerprint density at radius 1 is 1.64 bits per heavy atom. The zero-order valence-corrected chi connectivity index (χ0v) is 7.90. The predicted molar refractivity (Wildman–Crippen MR) is 46.3 cm³/mol. The highest BCUT2D eigenvalue weighted by Crippen LogP contribution is 2.21. The summed E-state index contributed by atoms with van der Waals surface area (Å²) in [5.41, 5.74) is 2.55. The standard InChI is InChI=1S/C7H10BrN3/c1-4-2-6-5(3-9-4)7(8)11-10-6/h4,9H,2-3H2,1H3,(H,10,11). The van der Waals surface area contributed by atoms with Gasteiger partial charge in [0.05, 0.1) is 0 Å². The normalized spacial score (nSPS) is 23.3. The number of hydrogen-bond acceptors (Lipinski definition) is 2. The molecule has 1 aliphatic rings. The number of fused-ring (bicyclic) bond motifs is 1. The molecule has 3 nitrogen and oxygen atoms in total. The van der Waals surface area contributed by atoms with E-state index in [4.69, 9.17) is 0 Å². The van der Waals surface area contributed by atoms with Crippen LogP contribution in [0.4, 0.5) is 0 Å². The summed E-state index contributed by atoms with van der Waals surface area (Å²) in [6, 6.07) is 0.565. The average Bonchev–Trinajstić information content (AvgIpc) is 2.32. The Morgan fingerprint density at radius 2 is 2.45 bits per heavy atom. The second-order valence-corrected chi connectivity index (χ2v) is 3.71. The monoisotopic (exact) mass is 215 g/mol. The number of hydrogen-bond donors (Lipinski definition) is 2. The quantitative estimate of drug-likeness (QED) is 0.684. The van der Waals surface area contributed by atoms with Crippen molar-refractivity contribution in [2.24, 2.45) is 0 Å². The Bertz CT molecular complexity index is 269. The Hall–Kier alpha value is -0.350. The first-order chi connectivity index (χ1) is 5.27. The zero-order chi connectivity index (χ0) is 7.84. The molecule has 0 spiro atoms. The van der Waals surface area contributed by atoms with E-state index in [0.717, 1.165) is 17.6 Å². The number of aromatic amines is 1. The molecule has 0 bridgehead atoms. The third kappa shape index (κ3) is 1.20. The van der Waals surface area contributed by atoms with Gasteiger partial charge in [0.25, 0.3) is 0 Å². The maximum atomic E-state index is 4.08. The van der Waals surface area contributed by atoms with E-state index in [2.05, 4.69) is 38.4 Å². The molecule has 1 unspecified atom stereocenters. The fourth-order valence-electron chi connectivity index (χ4n) is 1.38. The van der Waals surface area contributed by atoms with E-state index in [0.29, 0.717) is 6.04 Å². The third-order valence-electron chi connectivity index (χ3n) is 2.04. The second kappa shape index (κ2) is 2.60. The van der Waals surface area contributed by atoms with E-state index in [-0.39, 0.29) is 0 Å². The molecular weight excluding hydrogens is 206 g/mol. The van der Waals surface area contributed by atoms with Gasteiger partial charge in [-0.3, -0.25) is 5.10 Å². The van der Waals surface area contributed by atoms with E-state index >= 15 is 0 Å². The second-order valence-electron chi connectivity index (χ2n) is 2.96. The largest absolute Gasteiger partial charge is 0.310 e. The van der Waals surface area contributed by atoms with Crippen molar-refractivity contribution in [2.75, 3.05) is 0 Å². The van der Waals surface area contributed by atoms with Gasteiger partial charge in [0, 0.05) is 30.3 Å². The van der Waals surface area contributed by atoms with Crippen molar-refractivity contribution in [1.82, 2.24) is 15.5 Å². The number of nitrogens with one attached hydrogen (secondary N) is 2. The molecule has 2 rings (SSSR count). The molecule has 2 N–H and O–H groups in total. The van der Waals surface area contributed by atoms with Crippen LogP contribution in [0.25, 0.3) is 0 Å². The van der Waals surface area contributed by atoms with Crippen LogP contribution in [0, 0.1) is 0 Å². The summed E-state index contributed by atoms with van der Waals surface area (Å²) in [5, 5.41) is 10.5. The summed E-state index contributed by atoms with van der Waals surface area (Å²) in [5.74, 6) is 0. The molecule has 11 heavy (non-hydrogen) atoms. The van der Waals surface area contributed by atoms with Crippen molar-refractivity contribution >= 4 is 15.9 Å². The Kier molecular flexibility index (Phi) is 1.73. The van der Waals surface area contributed by atoms with Gasteiger partial charge in [0.15, 0.2) is 0 Å². The molecule has 1 aromatic heterocycles. The van der Waals surface area contributed by atoms with E-state index in [9.17, 15) is 0 Å². The van der Waals surface area contributed by atoms with Gasteiger partial charge in [-0.2, -0.15) is 5.10 Å². The average molecular weight is 216 g/mol. The first-order valence-corrected chi connectivity index (χ1v) is 4.51. The van der Waals surface area contributed by atoms with Crippen molar-refractivity contribution < 1.29 is 0 Å². The summed E-state index contributed by atoms with van der Waals surface area (Å²) in [4.78, 5) is 0. The van der Waals surface area contributed by atoms with Gasteiger partial charge < -0.3 is 5.32 Å². The van der Waals surface area contributed by atoms with Gasteiger partial charge in [0.2, 0.25) is 0 Å². The fourth-order valence-corrected chi connectivity index (χ4v) is 1.85. The lowest BCUT2D eigenvalue weighted by molar-refractivity contribution is 0.508. The highest BCUT2D eigenvalue weighted by molar-refractivity contribution is 9.10. The number of rotatable bonds is 0. The maximum absolute atomic E-state index is 4.08. The van der Waals surface area contributed by atoms with Crippen molar-refractivity contribution in [3.05, 3.63) is 15.9 Å². The number of halogens is 1. The van der Waals surface area contributed by atoms with Gasteiger partial charge in [-0.15, -0.1) is 0 Å².